The first kappa shape index (κ1) is 19.2. The molecule has 0 aliphatic carbocycles. The Morgan fingerprint density at radius 2 is 1.57 bits per heavy atom. The van der Waals surface area contributed by atoms with Crippen molar-refractivity contribution < 1.29 is 9.59 Å². The van der Waals surface area contributed by atoms with E-state index in [1.165, 1.54) is 0 Å². The zero-order valence-corrected chi connectivity index (χ0v) is 15.7. The standard InChI is InChI=1S/C23H23N3O2/c1-17-10-12-20(13-11-17)24-16-22(27)26-21-9-5-8-19(14-21)23(28)25-15-18-6-3-2-4-7-18/h2-14,24H,15-16H2,1H3,(H,25,28)(H,26,27). The van der Waals surface area contributed by atoms with Crippen LogP contribution in [-0.4, -0.2) is 18.4 Å². The zero-order valence-electron chi connectivity index (χ0n) is 15.7. The van der Waals surface area contributed by atoms with Crippen LogP contribution in [0.25, 0.3) is 0 Å². The first-order valence-electron chi connectivity index (χ1n) is 9.13. The maximum absolute atomic E-state index is 12.4. The molecule has 0 aromatic heterocycles. The lowest BCUT2D eigenvalue weighted by Crippen LogP contribution is -2.24. The minimum absolute atomic E-state index is 0.146. The average Bonchev–Trinajstić information content (AvgIpc) is 2.72. The van der Waals surface area contributed by atoms with Crippen molar-refractivity contribution in [1.29, 1.82) is 0 Å². The summed E-state index contributed by atoms with van der Waals surface area (Å²) in [5, 5.41) is 8.77. The third-order valence-corrected chi connectivity index (χ3v) is 4.21. The van der Waals surface area contributed by atoms with Gasteiger partial charge in [-0.25, -0.2) is 0 Å². The van der Waals surface area contributed by atoms with Gasteiger partial charge in [0.05, 0.1) is 6.54 Å². The van der Waals surface area contributed by atoms with Gasteiger partial charge in [-0.15, -0.1) is 0 Å². The predicted molar refractivity (Wildman–Crippen MR) is 112 cm³/mol. The zero-order chi connectivity index (χ0) is 19.8. The molecule has 0 atom stereocenters. The van der Waals surface area contributed by atoms with E-state index in [2.05, 4.69) is 16.0 Å². The third kappa shape index (κ3) is 5.71. The Kier molecular flexibility index (Phi) is 6.41. The molecular weight excluding hydrogens is 350 g/mol. The molecule has 0 unspecified atom stereocenters. The molecule has 142 valence electrons. The number of rotatable bonds is 7. The van der Waals surface area contributed by atoms with E-state index in [1.807, 2.05) is 61.5 Å². The summed E-state index contributed by atoms with van der Waals surface area (Å²) >= 11 is 0. The van der Waals surface area contributed by atoms with Crippen molar-refractivity contribution in [2.45, 2.75) is 13.5 Å². The first-order valence-corrected chi connectivity index (χ1v) is 9.13. The van der Waals surface area contributed by atoms with Crippen molar-refractivity contribution in [3.8, 4) is 0 Å². The largest absolute Gasteiger partial charge is 0.376 e. The van der Waals surface area contributed by atoms with Gasteiger partial charge >= 0.3 is 0 Å². The monoisotopic (exact) mass is 373 g/mol. The van der Waals surface area contributed by atoms with E-state index in [1.54, 1.807) is 24.3 Å². The molecule has 2 amide bonds. The topological polar surface area (TPSA) is 70.2 Å². The lowest BCUT2D eigenvalue weighted by Gasteiger charge is -2.10. The molecule has 0 saturated carbocycles. The van der Waals surface area contributed by atoms with Crippen LogP contribution >= 0.6 is 0 Å². The number of nitrogens with one attached hydrogen (secondary N) is 3. The Morgan fingerprint density at radius 3 is 2.32 bits per heavy atom. The molecule has 0 radical (unpaired) electrons. The quantitative estimate of drug-likeness (QED) is 0.587. The molecular formula is C23H23N3O2. The Labute approximate surface area is 164 Å². The van der Waals surface area contributed by atoms with Crippen LogP contribution < -0.4 is 16.0 Å². The summed E-state index contributed by atoms with van der Waals surface area (Å²) in [5.74, 6) is -0.361. The highest BCUT2D eigenvalue weighted by atomic mass is 16.2. The van der Waals surface area contributed by atoms with Crippen molar-refractivity contribution in [3.05, 3.63) is 95.6 Å². The van der Waals surface area contributed by atoms with Gasteiger partial charge in [0.15, 0.2) is 0 Å². The van der Waals surface area contributed by atoms with Gasteiger partial charge in [-0.2, -0.15) is 0 Å². The number of anilines is 2. The second-order valence-corrected chi connectivity index (χ2v) is 6.52. The van der Waals surface area contributed by atoms with E-state index in [4.69, 9.17) is 0 Å². The van der Waals surface area contributed by atoms with Gasteiger partial charge in [0.2, 0.25) is 5.91 Å². The van der Waals surface area contributed by atoms with E-state index < -0.39 is 0 Å². The van der Waals surface area contributed by atoms with Gasteiger partial charge < -0.3 is 16.0 Å². The number of benzene rings is 3. The number of hydrogen-bond donors (Lipinski definition) is 3. The second-order valence-electron chi connectivity index (χ2n) is 6.52. The second kappa shape index (κ2) is 9.37. The lowest BCUT2D eigenvalue weighted by atomic mass is 10.1. The average molecular weight is 373 g/mol. The number of amides is 2. The van der Waals surface area contributed by atoms with Crippen LogP contribution in [0.15, 0.2) is 78.9 Å². The lowest BCUT2D eigenvalue weighted by molar-refractivity contribution is -0.114. The number of carbonyl (C=O) groups is 2. The minimum atomic E-state index is -0.183. The van der Waals surface area contributed by atoms with Crippen LogP contribution in [-0.2, 0) is 11.3 Å². The van der Waals surface area contributed by atoms with Crippen LogP contribution in [0.3, 0.4) is 0 Å². The van der Waals surface area contributed by atoms with Crippen LogP contribution in [0.5, 0.6) is 0 Å². The van der Waals surface area contributed by atoms with E-state index in [9.17, 15) is 9.59 Å². The molecule has 3 aromatic carbocycles. The summed E-state index contributed by atoms with van der Waals surface area (Å²) in [7, 11) is 0. The summed E-state index contributed by atoms with van der Waals surface area (Å²) < 4.78 is 0. The van der Waals surface area contributed by atoms with Gasteiger partial charge in [0.25, 0.3) is 5.91 Å². The van der Waals surface area contributed by atoms with Crippen LogP contribution in [0.4, 0.5) is 11.4 Å². The molecule has 0 aliphatic heterocycles. The predicted octanol–water partition coefficient (Wildman–Crippen LogP) is 3.98. The van der Waals surface area contributed by atoms with Crippen molar-refractivity contribution in [2.75, 3.05) is 17.2 Å². The minimum Gasteiger partial charge on any atom is -0.376 e. The van der Waals surface area contributed by atoms with Crippen molar-refractivity contribution in [2.24, 2.45) is 0 Å². The molecule has 0 fully saturated rings. The summed E-state index contributed by atoms with van der Waals surface area (Å²) in [4.78, 5) is 24.5. The molecule has 5 nitrogen and oxygen atoms in total. The first-order chi connectivity index (χ1) is 13.6. The summed E-state index contributed by atoms with van der Waals surface area (Å²) in [6.07, 6.45) is 0. The maximum Gasteiger partial charge on any atom is 0.251 e. The number of aryl methyl sites for hydroxylation is 1. The molecule has 0 bridgehead atoms. The Bertz CT molecular complexity index is 938. The maximum atomic E-state index is 12.4. The van der Waals surface area contributed by atoms with Gasteiger partial charge in [-0.1, -0.05) is 54.1 Å². The SMILES string of the molecule is Cc1ccc(NCC(=O)Nc2cccc(C(=O)NCc3ccccc3)c2)cc1. The fourth-order valence-electron chi connectivity index (χ4n) is 2.68. The normalized spacial score (nSPS) is 10.2. The van der Waals surface area contributed by atoms with E-state index >= 15 is 0 Å². The third-order valence-electron chi connectivity index (χ3n) is 4.21. The van der Waals surface area contributed by atoms with Crippen LogP contribution in [0.1, 0.15) is 21.5 Å². The molecule has 0 spiro atoms. The Hall–Kier alpha value is -3.60. The van der Waals surface area contributed by atoms with Gasteiger partial charge in [0.1, 0.15) is 0 Å². The molecule has 3 aromatic rings. The fraction of sp³-hybridized carbons (Fsp3) is 0.130. The van der Waals surface area contributed by atoms with E-state index in [-0.39, 0.29) is 18.4 Å². The summed E-state index contributed by atoms with van der Waals surface area (Å²) in [6, 6.07) is 24.4. The van der Waals surface area contributed by atoms with Gasteiger partial charge in [0, 0.05) is 23.5 Å². The van der Waals surface area contributed by atoms with Gasteiger partial charge in [-0.05, 0) is 42.8 Å². The van der Waals surface area contributed by atoms with Gasteiger partial charge in [-0.3, -0.25) is 9.59 Å². The smallest absolute Gasteiger partial charge is 0.251 e. The van der Waals surface area contributed by atoms with Crippen molar-refractivity contribution >= 4 is 23.2 Å². The highest BCUT2D eigenvalue weighted by Crippen LogP contribution is 2.12. The molecule has 3 N–H and O–H groups in total. The molecule has 3 rings (SSSR count). The Morgan fingerprint density at radius 1 is 0.821 bits per heavy atom. The molecule has 0 heterocycles. The molecule has 0 aliphatic rings. The van der Waals surface area contributed by atoms with E-state index in [0.717, 1.165) is 16.8 Å². The van der Waals surface area contributed by atoms with Crippen molar-refractivity contribution in [1.82, 2.24) is 5.32 Å². The van der Waals surface area contributed by atoms with Crippen LogP contribution in [0.2, 0.25) is 0 Å². The highest BCUT2D eigenvalue weighted by molar-refractivity contribution is 5.98. The molecule has 5 heteroatoms. The Balaban J connectivity index is 1.52. The molecule has 0 saturated heterocycles. The number of hydrogen-bond acceptors (Lipinski definition) is 3. The number of carbonyl (C=O) groups excluding carboxylic acids is 2. The fourth-order valence-corrected chi connectivity index (χ4v) is 2.68. The van der Waals surface area contributed by atoms with Crippen LogP contribution in [0, 0.1) is 6.92 Å². The van der Waals surface area contributed by atoms with Crippen molar-refractivity contribution in [3.63, 3.8) is 0 Å². The highest BCUT2D eigenvalue weighted by Gasteiger charge is 2.08. The summed E-state index contributed by atoms with van der Waals surface area (Å²) in [5.41, 5.74) is 4.16. The molecule has 28 heavy (non-hydrogen) atoms. The summed E-state index contributed by atoms with van der Waals surface area (Å²) in [6.45, 7) is 2.61. The van der Waals surface area contributed by atoms with E-state index in [0.29, 0.717) is 17.8 Å².